The molecule has 1 heterocycles. The Labute approximate surface area is 75.5 Å². The van der Waals surface area contributed by atoms with Crippen LogP contribution >= 0.6 is 0 Å². The van der Waals surface area contributed by atoms with Gasteiger partial charge in [-0.05, 0) is 40.5 Å². The lowest BCUT2D eigenvalue weighted by atomic mass is 10.1. The van der Waals surface area contributed by atoms with Gasteiger partial charge in [-0.25, -0.2) is 0 Å². The fourth-order valence-electron chi connectivity index (χ4n) is 2.13. The number of hydrogen-bond acceptors (Lipinski definition) is 3. The van der Waals surface area contributed by atoms with Crippen LogP contribution in [0.25, 0.3) is 0 Å². The summed E-state index contributed by atoms with van der Waals surface area (Å²) in [5.41, 5.74) is 5.75. The highest BCUT2D eigenvalue weighted by Gasteiger charge is 2.29. The summed E-state index contributed by atoms with van der Waals surface area (Å²) < 4.78 is 0. The molecular formula is C9H21N3. The predicted octanol–water partition coefficient (Wildman–Crippen LogP) is -0.0305. The molecule has 3 nitrogen and oxygen atoms in total. The van der Waals surface area contributed by atoms with Crippen molar-refractivity contribution in [3.05, 3.63) is 0 Å². The Morgan fingerprint density at radius 2 is 2.25 bits per heavy atom. The van der Waals surface area contributed by atoms with Crippen LogP contribution in [0.2, 0.25) is 0 Å². The van der Waals surface area contributed by atoms with E-state index in [-0.39, 0.29) is 0 Å². The zero-order chi connectivity index (χ0) is 9.14. The van der Waals surface area contributed by atoms with Crippen molar-refractivity contribution in [1.29, 1.82) is 0 Å². The summed E-state index contributed by atoms with van der Waals surface area (Å²) in [7, 11) is 6.43. The molecule has 2 unspecified atom stereocenters. The van der Waals surface area contributed by atoms with E-state index in [4.69, 9.17) is 5.73 Å². The van der Waals surface area contributed by atoms with Gasteiger partial charge in [0, 0.05) is 18.6 Å². The van der Waals surface area contributed by atoms with Crippen LogP contribution in [0.15, 0.2) is 0 Å². The highest BCUT2D eigenvalue weighted by Crippen LogP contribution is 2.19. The van der Waals surface area contributed by atoms with Crippen molar-refractivity contribution in [3.63, 3.8) is 0 Å². The molecule has 1 fully saturated rings. The van der Waals surface area contributed by atoms with E-state index in [0.29, 0.717) is 12.1 Å². The Morgan fingerprint density at radius 1 is 1.58 bits per heavy atom. The maximum atomic E-state index is 5.75. The maximum Gasteiger partial charge on any atom is 0.0367 e. The molecule has 0 radical (unpaired) electrons. The van der Waals surface area contributed by atoms with Crippen LogP contribution in [0, 0.1) is 0 Å². The minimum atomic E-state index is 0.525. The van der Waals surface area contributed by atoms with Crippen LogP contribution in [0.4, 0.5) is 0 Å². The molecule has 0 bridgehead atoms. The third-order valence-electron chi connectivity index (χ3n) is 2.93. The van der Waals surface area contributed by atoms with Crippen LogP contribution in [0.1, 0.15) is 12.8 Å². The largest absolute Gasteiger partial charge is 0.329 e. The van der Waals surface area contributed by atoms with Gasteiger partial charge in [0.2, 0.25) is 0 Å². The van der Waals surface area contributed by atoms with Gasteiger partial charge in [-0.3, -0.25) is 0 Å². The second-order valence-corrected chi connectivity index (χ2v) is 3.96. The summed E-state index contributed by atoms with van der Waals surface area (Å²) in [6.07, 6.45) is 2.63. The molecule has 72 valence electrons. The van der Waals surface area contributed by atoms with E-state index in [0.717, 1.165) is 6.54 Å². The lowest BCUT2D eigenvalue weighted by Crippen LogP contribution is -2.49. The zero-order valence-electron chi connectivity index (χ0n) is 8.45. The van der Waals surface area contributed by atoms with Crippen molar-refractivity contribution < 1.29 is 0 Å². The van der Waals surface area contributed by atoms with Gasteiger partial charge in [0.15, 0.2) is 0 Å². The summed E-state index contributed by atoms with van der Waals surface area (Å²) in [5, 5.41) is 0. The molecule has 0 aromatic carbocycles. The average molecular weight is 171 g/mol. The number of nitrogens with zero attached hydrogens (tertiary/aromatic N) is 2. The van der Waals surface area contributed by atoms with Crippen molar-refractivity contribution >= 4 is 0 Å². The lowest BCUT2D eigenvalue weighted by Gasteiger charge is -2.32. The van der Waals surface area contributed by atoms with Crippen LogP contribution in [0.3, 0.4) is 0 Å². The molecular weight excluding hydrogens is 150 g/mol. The zero-order valence-corrected chi connectivity index (χ0v) is 8.45. The normalized spacial score (nSPS) is 28.2. The molecule has 0 aromatic rings. The SMILES string of the molecule is CN(C)C(CN)C1CCCN1C. The third kappa shape index (κ3) is 1.97. The minimum absolute atomic E-state index is 0.525. The van der Waals surface area contributed by atoms with Crippen LogP contribution < -0.4 is 5.73 Å². The first-order valence-corrected chi connectivity index (χ1v) is 4.73. The molecule has 0 aliphatic carbocycles. The van der Waals surface area contributed by atoms with Gasteiger partial charge in [0.05, 0.1) is 0 Å². The second kappa shape index (κ2) is 4.21. The Kier molecular flexibility index (Phi) is 3.50. The van der Waals surface area contributed by atoms with E-state index in [2.05, 4.69) is 30.9 Å². The number of rotatable bonds is 3. The summed E-state index contributed by atoms with van der Waals surface area (Å²) in [6.45, 7) is 2.00. The first-order chi connectivity index (χ1) is 5.66. The first-order valence-electron chi connectivity index (χ1n) is 4.73. The smallest absolute Gasteiger partial charge is 0.0367 e. The number of likely N-dealkylation sites (tertiary alicyclic amines) is 1. The topological polar surface area (TPSA) is 32.5 Å². The van der Waals surface area contributed by atoms with Gasteiger partial charge in [-0.15, -0.1) is 0 Å². The molecule has 1 aliphatic rings. The number of likely N-dealkylation sites (N-methyl/N-ethyl adjacent to an activating group) is 2. The Balaban J connectivity index is 2.52. The number of nitrogens with two attached hydrogens (primary N) is 1. The van der Waals surface area contributed by atoms with E-state index in [1.54, 1.807) is 0 Å². The fraction of sp³-hybridized carbons (Fsp3) is 1.00. The van der Waals surface area contributed by atoms with Crippen molar-refractivity contribution in [2.45, 2.75) is 24.9 Å². The van der Waals surface area contributed by atoms with Crippen molar-refractivity contribution in [2.24, 2.45) is 5.73 Å². The fourth-order valence-corrected chi connectivity index (χ4v) is 2.13. The summed E-state index contributed by atoms with van der Waals surface area (Å²) >= 11 is 0. The van der Waals surface area contributed by atoms with Gasteiger partial charge in [0.1, 0.15) is 0 Å². The molecule has 0 aromatic heterocycles. The van der Waals surface area contributed by atoms with E-state index in [9.17, 15) is 0 Å². The Morgan fingerprint density at radius 3 is 2.58 bits per heavy atom. The minimum Gasteiger partial charge on any atom is -0.329 e. The van der Waals surface area contributed by atoms with E-state index < -0.39 is 0 Å². The van der Waals surface area contributed by atoms with Gasteiger partial charge < -0.3 is 15.5 Å². The summed E-state index contributed by atoms with van der Waals surface area (Å²) in [5.74, 6) is 0. The van der Waals surface area contributed by atoms with Crippen LogP contribution in [0.5, 0.6) is 0 Å². The second-order valence-electron chi connectivity index (χ2n) is 3.96. The molecule has 1 saturated heterocycles. The molecule has 0 spiro atoms. The molecule has 3 heteroatoms. The summed E-state index contributed by atoms with van der Waals surface area (Å²) in [6, 6.07) is 1.20. The molecule has 0 saturated carbocycles. The van der Waals surface area contributed by atoms with Gasteiger partial charge in [0.25, 0.3) is 0 Å². The molecule has 2 N–H and O–H groups in total. The summed E-state index contributed by atoms with van der Waals surface area (Å²) in [4.78, 5) is 4.67. The Bertz CT molecular complexity index is 136. The van der Waals surface area contributed by atoms with E-state index in [1.165, 1.54) is 19.4 Å². The van der Waals surface area contributed by atoms with Gasteiger partial charge in [-0.2, -0.15) is 0 Å². The maximum absolute atomic E-state index is 5.75. The van der Waals surface area contributed by atoms with Crippen molar-refractivity contribution in [3.8, 4) is 0 Å². The Hall–Kier alpha value is -0.120. The van der Waals surface area contributed by atoms with E-state index in [1.807, 2.05) is 0 Å². The first kappa shape index (κ1) is 9.96. The third-order valence-corrected chi connectivity index (χ3v) is 2.93. The number of hydrogen-bond donors (Lipinski definition) is 1. The highest BCUT2D eigenvalue weighted by atomic mass is 15.2. The van der Waals surface area contributed by atoms with E-state index >= 15 is 0 Å². The average Bonchev–Trinajstić information content (AvgIpc) is 2.38. The van der Waals surface area contributed by atoms with Crippen LogP contribution in [-0.2, 0) is 0 Å². The van der Waals surface area contributed by atoms with Crippen molar-refractivity contribution in [2.75, 3.05) is 34.2 Å². The molecule has 0 amide bonds. The highest BCUT2D eigenvalue weighted by molar-refractivity contribution is 4.87. The predicted molar refractivity (Wildman–Crippen MR) is 52.2 cm³/mol. The monoisotopic (exact) mass is 171 g/mol. The molecule has 2 atom stereocenters. The van der Waals surface area contributed by atoms with Gasteiger partial charge in [-0.1, -0.05) is 0 Å². The van der Waals surface area contributed by atoms with Crippen molar-refractivity contribution in [1.82, 2.24) is 9.80 Å². The standard InChI is InChI=1S/C9H21N3/c1-11(2)9(7-10)8-5-4-6-12(8)3/h8-9H,4-7,10H2,1-3H3. The molecule has 1 rings (SSSR count). The lowest BCUT2D eigenvalue weighted by molar-refractivity contribution is 0.168. The molecule has 12 heavy (non-hydrogen) atoms. The van der Waals surface area contributed by atoms with Gasteiger partial charge >= 0.3 is 0 Å². The molecule has 1 aliphatic heterocycles. The van der Waals surface area contributed by atoms with Crippen LogP contribution in [-0.4, -0.2) is 56.1 Å². The quantitative estimate of drug-likeness (QED) is 0.647.